The van der Waals surface area contributed by atoms with Crippen LogP contribution < -0.4 is 16.7 Å². The molecule has 0 aliphatic heterocycles. The fourth-order valence-electron chi connectivity index (χ4n) is 3.94. The third-order valence-corrected chi connectivity index (χ3v) is 5.90. The average molecular weight is 556 g/mol. The molecular weight excluding hydrogens is 536 g/mol. The average Bonchev–Trinajstić information content (AvgIpc) is 2.98. The summed E-state index contributed by atoms with van der Waals surface area (Å²) in [4.78, 5) is 81.7. The van der Waals surface area contributed by atoms with Crippen LogP contribution in [0.25, 0.3) is 11.0 Å². The van der Waals surface area contributed by atoms with Crippen LogP contribution in [0.5, 0.6) is 0 Å². The second kappa shape index (κ2) is 11.8. The first-order chi connectivity index (χ1) is 19.6. The predicted molar refractivity (Wildman–Crippen MR) is 145 cm³/mol. The van der Waals surface area contributed by atoms with Crippen molar-refractivity contribution in [1.82, 2.24) is 9.97 Å². The van der Waals surface area contributed by atoms with Gasteiger partial charge in [0, 0.05) is 28.9 Å². The number of aromatic amines is 1. The highest BCUT2D eigenvalue weighted by atomic mass is 16.6. The lowest BCUT2D eigenvalue weighted by Crippen LogP contribution is -2.40. The van der Waals surface area contributed by atoms with E-state index in [-0.39, 0.29) is 33.8 Å². The summed E-state index contributed by atoms with van der Waals surface area (Å²) in [5.74, 6) is -0.896. The SMILES string of the molecule is COC(=O)/C(=N/N)[C@H](C(=O)C(=O)Nc1cccc([N+](=O)[O-])c1)c1nc2ccc(C(=O)c3ccccc3)cc2[nH]c1=O. The van der Waals surface area contributed by atoms with Crippen LogP contribution >= 0.6 is 0 Å². The Bertz CT molecular complexity index is 1800. The molecule has 0 bridgehead atoms. The number of aromatic nitrogens is 2. The molecule has 0 spiro atoms. The van der Waals surface area contributed by atoms with Crippen molar-refractivity contribution in [2.45, 2.75) is 5.92 Å². The van der Waals surface area contributed by atoms with Crippen LogP contribution in [0.1, 0.15) is 27.5 Å². The number of nitrogens with one attached hydrogen (secondary N) is 2. The number of fused-ring (bicyclic) bond motifs is 1. The predicted octanol–water partition coefficient (Wildman–Crippen LogP) is 1.84. The quantitative estimate of drug-likeness (QED) is 0.0517. The number of anilines is 1. The molecule has 0 saturated carbocycles. The number of nitrogens with zero attached hydrogens (tertiary/aromatic N) is 3. The van der Waals surface area contributed by atoms with E-state index >= 15 is 0 Å². The number of benzene rings is 3. The molecular formula is C27H20N6O8. The van der Waals surface area contributed by atoms with E-state index in [1.165, 1.54) is 36.4 Å². The van der Waals surface area contributed by atoms with Gasteiger partial charge in [0.15, 0.2) is 11.5 Å². The Labute approximate surface area is 230 Å². The Hall–Kier alpha value is -6.05. The van der Waals surface area contributed by atoms with Gasteiger partial charge >= 0.3 is 5.97 Å². The summed E-state index contributed by atoms with van der Waals surface area (Å²) < 4.78 is 4.62. The Kier molecular flexibility index (Phi) is 8.03. The number of methoxy groups -OCH3 is 1. The number of esters is 1. The van der Waals surface area contributed by atoms with Crippen molar-refractivity contribution in [2.24, 2.45) is 10.9 Å². The number of hydrogen-bond acceptors (Lipinski definition) is 11. The molecule has 1 amide bonds. The van der Waals surface area contributed by atoms with Crippen molar-refractivity contribution < 1.29 is 28.8 Å². The van der Waals surface area contributed by atoms with E-state index in [0.717, 1.165) is 13.2 Å². The molecule has 0 saturated heterocycles. The number of carbonyl (C=O) groups excluding carboxylic acids is 4. The van der Waals surface area contributed by atoms with Gasteiger partial charge in [0.1, 0.15) is 11.6 Å². The van der Waals surface area contributed by atoms with Gasteiger partial charge in [-0.1, -0.05) is 36.4 Å². The van der Waals surface area contributed by atoms with Crippen molar-refractivity contribution in [3.8, 4) is 0 Å². The maximum Gasteiger partial charge on any atom is 0.355 e. The van der Waals surface area contributed by atoms with Crippen molar-refractivity contribution in [3.05, 3.63) is 110 Å². The molecule has 1 aromatic heterocycles. The molecule has 0 fully saturated rings. The second-order valence-electron chi connectivity index (χ2n) is 8.44. The van der Waals surface area contributed by atoms with E-state index in [9.17, 15) is 34.1 Å². The van der Waals surface area contributed by atoms with Crippen molar-refractivity contribution in [1.29, 1.82) is 0 Å². The molecule has 14 heteroatoms. The number of carbonyl (C=O) groups is 4. The molecule has 206 valence electrons. The van der Waals surface area contributed by atoms with Crippen LogP contribution in [-0.2, 0) is 19.1 Å². The number of Topliss-reactive ketones (excluding diaryl/α,β-unsaturated/α-hetero) is 1. The number of ether oxygens (including phenoxy) is 1. The van der Waals surface area contributed by atoms with E-state index in [1.54, 1.807) is 30.3 Å². The molecule has 3 aromatic carbocycles. The summed E-state index contributed by atoms with van der Waals surface area (Å²) >= 11 is 0. The fraction of sp³-hybridized carbons (Fsp3) is 0.0741. The van der Waals surface area contributed by atoms with Crippen LogP contribution in [0.4, 0.5) is 11.4 Å². The number of hydrogen-bond donors (Lipinski definition) is 3. The van der Waals surface area contributed by atoms with Crippen molar-refractivity contribution in [2.75, 3.05) is 12.4 Å². The number of non-ortho nitro benzene ring substituents is 1. The van der Waals surface area contributed by atoms with Gasteiger partial charge < -0.3 is 20.9 Å². The largest absolute Gasteiger partial charge is 0.464 e. The fourth-order valence-corrected chi connectivity index (χ4v) is 3.94. The zero-order valence-corrected chi connectivity index (χ0v) is 21.2. The van der Waals surface area contributed by atoms with Crippen molar-refractivity contribution >= 4 is 51.6 Å². The van der Waals surface area contributed by atoms with Crippen LogP contribution in [0.2, 0.25) is 0 Å². The third kappa shape index (κ3) is 5.85. The standard InChI is InChI=1S/C27H20N6O8/c1-41-27(38)22(32-28)20(24(35)26(37)29-16-8-5-9-17(13-16)33(39)40)21-25(36)31-19-12-15(10-11-18(19)30-21)23(34)14-6-3-2-4-7-14/h2-13,20H,28H2,1H3,(H,29,37)(H,31,36)/b32-22+/t20-/m1/s1. The summed E-state index contributed by atoms with van der Waals surface area (Å²) in [5.41, 5.74) is -1.92. The zero-order chi connectivity index (χ0) is 29.7. The van der Waals surface area contributed by atoms with Gasteiger partial charge in [-0.05, 0) is 24.3 Å². The molecule has 0 aliphatic rings. The normalized spacial score (nSPS) is 11.9. The highest BCUT2D eigenvalue weighted by Gasteiger charge is 2.39. The highest BCUT2D eigenvalue weighted by molar-refractivity contribution is 6.53. The molecule has 0 unspecified atom stereocenters. The first-order valence-corrected chi connectivity index (χ1v) is 11.7. The van der Waals surface area contributed by atoms with Crippen LogP contribution in [0, 0.1) is 10.1 Å². The lowest BCUT2D eigenvalue weighted by Gasteiger charge is -2.15. The van der Waals surface area contributed by atoms with E-state index in [0.29, 0.717) is 5.56 Å². The lowest BCUT2D eigenvalue weighted by atomic mass is 9.93. The minimum Gasteiger partial charge on any atom is -0.464 e. The number of ketones is 2. The molecule has 41 heavy (non-hydrogen) atoms. The Morgan fingerprint density at radius 3 is 2.41 bits per heavy atom. The monoisotopic (exact) mass is 556 g/mol. The van der Waals surface area contributed by atoms with Gasteiger partial charge in [0.2, 0.25) is 5.78 Å². The van der Waals surface area contributed by atoms with Gasteiger partial charge in [0.05, 0.1) is 23.1 Å². The van der Waals surface area contributed by atoms with E-state index < -0.39 is 45.5 Å². The number of nitrogens with two attached hydrogens (primary N) is 1. The molecule has 0 radical (unpaired) electrons. The highest BCUT2D eigenvalue weighted by Crippen LogP contribution is 2.22. The zero-order valence-electron chi connectivity index (χ0n) is 21.2. The van der Waals surface area contributed by atoms with Gasteiger partial charge in [-0.3, -0.25) is 29.3 Å². The molecule has 4 N–H and O–H groups in total. The molecule has 1 heterocycles. The lowest BCUT2D eigenvalue weighted by molar-refractivity contribution is -0.384. The van der Waals surface area contributed by atoms with Gasteiger partial charge in [0.25, 0.3) is 17.2 Å². The van der Waals surface area contributed by atoms with E-state index in [4.69, 9.17) is 5.84 Å². The minimum absolute atomic E-state index is 0.100. The summed E-state index contributed by atoms with van der Waals surface area (Å²) in [6.07, 6.45) is 0. The number of hydrazone groups is 1. The van der Waals surface area contributed by atoms with Crippen LogP contribution in [0.15, 0.2) is 82.7 Å². The van der Waals surface area contributed by atoms with Crippen molar-refractivity contribution in [3.63, 3.8) is 0 Å². The Morgan fingerprint density at radius 2 is 1.76 bits per heavy atom. The van der Waals surface area contributed by atoms with E-state index in [1.807, 2.05) is 0 Å². The maximum absolute atomic E-state index is 13.3. The van der Waals surface area contributed by atoms with Gasteiger partial charge in [-0.15, -0.1) is 0 Å². The smallest absolute Gasteiger partial charge is 0.355 e. The van der Waals surface area contributed by atoms with Crippen LogP contribution in [-0.4, -0.2) is 51.2 Å². The summed E-state index contributed by atoms with van der Waals surface area (Å²) in [5, 5.41) is 16.5. The number of nitro benzene ring substituents is 1. The first-order valence-electron chi connectivity index (χ1n) is 11.7. The topological polar surface area (TPSA) is 217 Å². The van der Waals surface area contributed by atoms with Gasteiger partial charge in [-0.25, -0.2) is 9.78 Å². The second-order valence-corrected chi connectivity index (χ2v) is 8.44. The number of amides is 1. The Morgan fingerprint density at radius 1 is 1.02 bits per heavy atom. The molecule has 0 aliphatic carbocycles. The molecule has 14 nitrogen and oxygen atoms in total. The molecule has 1 atom stereocenters. The third-order valence-electron chi connectivity index (χ3n) is 5.90. The molecule has 4 aromatic rings. The number of H-pyrrole nitrogens is 1. The summed E-state index contributed by atoms with van der Waals surface area (Å²) in [6, 6.07) is 17.4. The first kappa shape index (κ1) is 28.0. The number of nitro groups is 1. The summed E-state index contributed by atoms with van der Waals surface area (Å²) in [6.45, 7) is 0. The molecule has 4 rings (SSSR count). The minimum atomic E-state index is -2.01. The van der Waals surface area contributed by atoms with E-state index in [2.05, 4.69) is 25.1 Å². The maximum atomic E-state index is 13.3. The Balaban J connectivity index is 1.76. The van der Waals surface area contributed by atoms with Gasteiger partial charge in [-0.2, -0.15) is 5.10 Å². The van der Waals surface area contributed by atoms with Crippen LogP contribution in [0.3, 0.4) is 0 Å². The number of rotatable bonds is 9. The summed E-state index contributed by atoms with van der Waals surface area (Å²) in [7, 11) is 0.974.